The smallest absolute Gasteiger partial charge is 0.308 e. The zero-order chi connectivity index (χ0) is 28.2. The molecule has 206 valence electrons. The van der Waals surface area contributed by atoms with Crippen molar-refractivity contribution in [2.24, 2.45) is 11.3 Å². The van der Waals surface area contributed by atoms with Crippen molar-refractivity contribution in [1.82, 2.24) is 4.90 Å². The summed E-state index contributed by atoms with van der Waals surface area (Å²) in [4.78, 5) is 52.6. The van der Waals surface area contributed by atoms with E-state index in [0.717, 1.165) is 18.6 Å². The van der Waals surface area contributed by atoms with E-state index < -0.39 is 34.8 Å². The topological polar surface area (TPSA) is 129 Å². The summed E-state index contributed by atoms with van der Waals surface area (Å²) in [6.07, 6.45) is 2.77. The van der Waals surface area contributed by atoms with Gasteiger partial charge in [0, 0.05) is 23.2 Å². The molecule has 1 aromatic heterocycles. The number of furan rings is 1. The van der Waals surface area contributed by atoms with Crippen molar-refractivity contribution in [2.45, 2.75) is 72.0 Å². The number of nitrogens with zero attached hydrogens (tertiary/aromatic N) is 1. The van der Waals surface area contributed by atoms with E-state index in [2.05, 4.69) is 10.6 Å². The number of carboxylic acids is 1. The maximum atomic E-state index is 13.7. The Bertz CT molecular complexity index is 1530. The van der Waals surface area contributed by atoms with Crippen LogP contribution in [0.3, 0.4) is 0 Å². The number of fused-ring (bicyclic) bond motifs is 1. The molecule has 3 atom stereocenters. The molecule has 9 nitrogen and oxygen atoms in total. The lowest BCUT2D eigenvalue weighted by Crippen LogP contribution is -2.45. The first kappa shape index (κ1) is 27.0. The number of benzene rings is 1. The van der Waals surface area contributed by atoms with Crippen LogP contribution in [0.5, 0.6) is 0 Å². The molecule has 2 unspecified atom stereocenters. The van der Waals surface area contributed by atoms with Gasteiger partial charge in [0.05, 0.1) is 23.2 Å². The molecule has 3 aromatic rings. The van der Waals surface area contributed by atoms with Gasteiger partial charge in [-0.15, -0.1) is 0 Å². The molecule has 3 N–H and O–H groups in total. The number of carbonyl (C=O) groups excluding carboxylic acids is 1. The van der Waals surface area contributed by atoms with Crippen molar-refractivity contribution in [3.05, 3.63) is 72.4 Å². The zero-order valence-corrected chi connectivity index (χ0v) is 23.1. The third-order valence-corrected chi connectivity index (χ3v) is 8.23. The monoisotopic (exact) mass is 553 g/mol. The van der Waals surface area contributed by atoms with Crippen LogP contribution in [0.2, 0.25) is 5.02 Å². The van der Waals surface area contributed by atoms with E-state index in [1.54, 1.807) is 17.0 Å². The summed E-state index contributed by atoms with van der Waals surface area (Å²) < 4.78 is 5.83. The molecule has 1 fully saturated rings. The molecule has 2 heterocycles. The lowest BCUT2D eigenvalue weighted by molar-refractivity contribution is -0.145. The number of carboxylic acid groups (broad SMARTS) is 1. The zero-order valence-electron chi connectivity index (χ0n) is 22.4. The van der Waals surface area contributed by atoms with E-state index in [1.807, 2.05) is 39.8 Å². The van der Waals surface area contributed by atoms with Gasteiger partial charge in [-0.05, 0) is 49.4 Å². The molecule has 1 aliphatic heterocycles. The van der Waals surface area contributed by atoms with Crippen molar-refractivity contribution in [2.75, 3.05) is 10.6 Å². The molecule has 1 aliphatic carbocycles. The predicted molar refractivity (Wildman–Crippen MR) is 149 cm³/mol. The van der Waals surface area contributed by atoms with Gasteiger partial charge in [0.15, 0.2) is 0 Å². The summed E-state index contributed by atoms with van der Waals surface area (Å²) in [5.41, 5.74) is -0.294. The van der Waals surface area contributed by atoms with Gasteiger partial charge in [-0.25, -0.2) is 0 Å². The third-order valence-electron chi connectivity index (χ3n) is 7.88. The number of nitrogens with one attached hydrogen (secondary N) is 2. The first-order valence-electron chi connectivity index (χ1n) is 13.2. The quantitative estimate of drug-likeness (QED) is 0.333. The Labute approximate surface area is 230 Å². The normalized spacial score (nSPS) is 20.2. The number of halogens is 1. The Kier molecular flexibility index (Phi) is 6.83. The fourth-order valence-electron chi connectivity index (χ4n) is 5.80. The number of hydrogen-bond donors (Lipinski definition) is 3. The van der Waals surface area contributed by atoms with Crippen molar-refractivity contribution in [3.63, 3.8) is 0 Å². The fourth-order valence-corrected chi connectivity index (χ4v) is 6.02. The summed E-state index contributed by atoms with van der Waals surface area (Å²) in [5, 5.41) is 16.4. The average molecular weight is 554 g/mol. The molecule has 0 saturated heterocycles. The largest absolute Gasteiger partial charge is 0.481 e. The minimum atomic E-state index is -0.910. The van der Waals surface area contributed by atoms with Crippen LogP contribution >= 0.6 is 11.6 Å². The fraction of sp³-hybridized carbons (Fsp3) is 0.448. The highest BCUT2D eigenvalue weighted by Gasteiger charge is 2.43. The third kappa shape index (κ3) is 4.73. The second-order valence-electron chi connectivity index (χ2n) is 11.6. The number of aryl methyl sites for hydroxylation is 1. The number of hydrogen-bond acceptors (Lipinski definition) is 7. The van der Waals surface area contributed by atoms with E-state index in [9.17, 15) is 24.3 Å². The molecule has 1 saturated carbocycles. The Morgan fingerprint density at radius 1 is 1.08 bits per heavy atom. The minimum absolute atomic E-state index is 0.0642. The summed E-state index contributed by atoms with van der Waals surface area (Å²) >= 11 is 6.49. The van der Waals surface area contributed by atoms with E-state index in [0.29, 0.717) is 40.4 Å². The summed E-state index contributed by atoms with van der Waals surface area (Å²) in [7, 11) is 0. The number of aliphatic carboxylic acids is 1. The van der Waals surface area contributed by atoms with Crippen molar-refractivity contribution < 1.29 is 19.1 Å². The van der Waals surface area contributed by atoms with Crippen LogP contribution < -0.4 is 21.5 Å². The number of carbonyl (C=O) groups is 2. The van der Waals surface area contributed by atoms with Gasteiger partial charge in [-0.1, -0.05) is 45.2 Å². The van der Waals surface area contributed by atoms with Gasteiger partial charge < -0.3 is 25.1 Å². The van der Waals surface area contributed by atoms with E-state index in [1.165, 1.54) is 0 Å². The van der Waals surface area contributed by atoms with Crippen LogP contribution in [0.1, 0.15) is 79.9 Å². The molecule has 0 bridgehead atoms. The van der Waals surface area contributed by atoms with E-state index >= 15 is 0 Å². The Hall–Kier alpha value is -3.59. The maximum Gasteiger partial charge on any atom is 0.308 e. The second-order valence-corrected chi connectivity index (χ2v) is 12.0. The Balaban J connectivity index is 1.47. The van der Waals surface area contributed by atoms with Crippen molar-refractivity contribution in [3.8, 4) is 0 Å². The number of rotatable bonds is 7. The molecular formula is C29H32ClN3O6. The van der Waals surface area contributed by atoms with Crippen LogP contribution in [-0.2, 0) is 11.3 Å². The highest BCUT2D eigenvalue weighted by Crippen LogP contribution is 2.42. The molecule has 1 amide bonds. The average Bonchev–Trinajstić information content (AvgIpc) is 3.47. The molecule has 5 rings (SSSR count). The first-order chi connectivity index (χ1) is 18.4. The number of anilines is 3. The highest BCUT2D eigenvalue weighted by atomic mass is 35.5. The van der Waals surface area contributed by atoms with Crippen LogP contribution in [0.4, 0.5) is 17.1 Å². The van der Waals surface area contributed by atoms with Crippen LogP contribution in [-0.4, -0.2) is 27.9 Å². The lowest BCUT2D eigenvalue weighted by atomic mass is 9.83. The van der Waals surface area contributed by atoms with E-state index in [4.69, 9.17) is 16.0 Å². The highest BCUT2D eigenvalue weighted by molar-refractivity contribution is 6.32. The Morgan fingerprint density at radius 2 is 1.77 bits per heavy atom. The summed E-state index contributed by atoms with van der Waals surface area (Å²) in [6, 6.07) is 6.08. The van der Waals surface area contributed by atoms with Gasteiger partial charge in [0.2, 0.25) is 0 Å². The molecule has 0 spiro atoms. The van der Waals surface area contributed by atoms with Gasteiger partial charge in [-0.3, -0.25) is 19.2 Å². The van der Waals surface area contributed by atoms with Crippen molar-refractivity contribution in [1.29, 1.82) is 0 Å². The molecule has 10 heteroatoms. The molecule has 0 radical (unpaired) electrons. The van der Waals surface area contributed by atoms with Crippen LogP contribution in [0.15, 0.2) is 38.3 Å². The number of amides is 1. The first-order valence-corrected chi connectivity index (χ1v) is 13.5. The second kappa shape index (κ2) is 9.86. The van der Waals surface area contributed by atoms with Gasteiger partial charge in [-0.2, -0.15) is 0 Å². The minimum Gasteiger partial charge on any atom is -0.481 e. The molecule has 39 heavy (non-hydrogen) atoms. The standard InChI is InChI=1S/C29H32ClN3O6/c1-14-9-12-20(39-14)26(29(2,3)4)32-23-22(24(34)25(23)35)31-18-11-10-17(30)16-13-33(27(36)21(16)18)19-8-6-5-7-15(19)28(37)38/h9-12,15,19,26,31-32H,5-8,13H2,1-4H3,(H,37,38)/t15?,19?,26-/m0/s1. The van der Waals surface area contributed by atoms with Crippen LogP contribution in [0.25, 0.3) is 0 Å². The lowest BCUT2D eigenvalue weighted by Gasteiger charge is -2.35. The van der Waals surface area contributed by atoms with Gasteiger partial charge >= 0.3 is 5.97 Å². The molecule has 2 aromatic carbocycles. The van der Waals surface area contributed by atoms with Crippen LogP contribution in [0, 0.1) is 18.3 Å². The summed E-state index contributed by atoms with van der Waals surface area (Å²) in [6.45, 7) is 8.02. The maximum absolute atomic E-state index is 13.7. The summed E-state index contributed by atoms with van der Waals surface area (Å²) in [5.74, 6) is -0.520. The Morgan fingerprint density at radius 3 is 2.41 bits per heavy atom. The SMILES string of the molecule is Cc1ccc([C@H](Nc2c(Nc3ccc(Cl)c4c3C(=O)N(C3CCCCC3C(=O)O)C4)c(=O)c2=O)C(C)(C)C)o1. The molecule has 2 aliphatic rings. The van der Waals surface area contributed by atoms with Crippen molar-refractivity contribution >= 4 is 40.5 Å². The van der Waals surface area contributed by atoms with E-state index in [-0.39, 0.29) is 29.2 Å². The van der Waals surface area contributed by atoms with Gasteiger partial charge in [0.1, 0.15) is 22.9 Å². The predicted octanol–water partition coefficient (Wildman–Crippen LogP) is 5.38. The molecular weight excluding hydrogens is 522 g/mol. The van der Waals surface area contributed by atoms with Gasteiger partial charge in [0.25, 0.3) is 16.8 Å².